The Labute approximate surface area is 230 Å². The van der Waals surface area contributed by atoms with Crippen LogP contribution in [0.3, 0.4) is 0 Å². The monoisotopic (exact) mass is 542 g/mol. The number of benzene rings is 1. The van der Waals surface area contributed by atoms with Crippen molar-refractivity contribution in [3.8, 4) is 0 Å². The maximum Gasteiger partial charge on any atom is 0.330 e. The summed E-state index contributed by atoms with van der Waals surface area (Å²) in [7, 11) is 0. The number of rotatable bonds is 16. The van der Waals surface area contributed by atoms with Gasteiger partial charge in [-0.3, -0.25) is 14.6 Å². The van der Waals surface area contributed by atoms with Gasteiger partial charge in [-0.2, -0.15) is 0 Å². The van der Waals surface area contributed by atoms with Gasteiger partial charge in [-0.1, -0.05) is 54.6 Å². The van der Waals surface area contributed by atoms with Crippen LogP contribution in [0.1, 0.15) is 56.9 Å². The van der Waals surface area contributed by atoms with Crippen LogP contribution in [0.25, 0.3) is 0 Å². The number of aryl methyl sites for hydroxylation is 1. The SMILES string of the molecule is NC(N)=NCCC[C@H](N)C(=O)OC(=O)CCC/C=C\C[C@H]1C(=O)C[C@@H](O)[C@@H]1/C=C/[C@@H](O)CCc1ccccc1. The van der Waals surface area contributed by atoms with Crippen LogP contribution in [-0.2, 0) is 25.5 Å². The van der Waals surface area contributed by atoms with Crippen molar-refractivity contribution in [2.24, 2.45) is 34.0 Å². The first-order chi connectivity index (χ1) is 18.7. The molecule has 0 spiro atoms. The molecule has 0 bridgehead atoms. The molecule has 39 heavy (non-hydrogen) atoms. The first kappa shape index (κ1) is 31.9. The number of nitrogens with two attached hydrogens (primary N) is 3. The number of unbranched alkanes of at least 4 members (excludes halogenated alkanes) is 1. The molecule has 1 fully saturated rings. The molecule has 10 nitrogen and oxygen atoms in total. The minimum atomic E-state index is -0.922. The summed E-state index contributed by atoms with van der Waals surface area (Å²) in [5, 5.41) is 20.7. The maximum absolute atomic E-state index is 12.4. The van der Waals surface area contributed by atoms with Crippen molar-refractivity contribution in [2.45, 2.75) is 76.0 Å². The van der Waals surface area contributed by atoms with Crippen LogP contribution in [-0.4, -0.2) is 58.7 Å². The molecule has 5 atom stereocenters. The fourth-order valence-electron chi connectivity index (χ4n) is 4.44. The Kier molecular flexibility index (Phi) is 14.1. The summed E-state index contributed by atoms with van der Waals surface area (Å²) in [6, 6.07) is 8.97. The third-order valence-electron chi connectivity index (χ3n) is 6.65. The predicted molar refractivity (Wildman–Crippen MR) is 149 cm³/mol. The van der Waals surface area contributed by atoms with E-state index in [-0.39, 0.29) is 36.4 Å². The van der Waals surface area contributed by atoms with Gasteiger partial charge in [0.15, 0.2) is 5.96 Å². The number of Topliss-reactive ketones (excluding diaryl/α,β-unsaturated/α-hetero) is 1. The lowest BCUT2D eigenvalue weighted by Gasteiger charge is -2.16. The standard InChI is InChI=1S/C29H42N4O6/c30-24(12-8-18-33-29(31)32)28(38)39-27(37)13-7-2-1-6-11-22-23(26(36)19-25(22)35)17-16-21(34)15-14-20-9-4-3-5-10-20/h1,3-6,9-10,16-17,21-24,26,34,36H,2,7-8,11-15,18-19,30H2,(H4,31,32,33)/b6-1-,17-16+/t21-,22+,23+,24-,26+/m0/s1. The predicted octanol–water partition coefficient (Wildman–Crippen LogP) is 1.67. The van der Waals surface area contributed by atoms with Gasteiger partial charge in [0.05, 0.1) is 12.2 Å². The van der Waals surface area contributed by atoms with Gasteiger partial charge in [-0.15, -0.1) is 0 Å². The van der Waals surface area contributed by atoms with Gasteiger partial charge in [-0.05, 0) is 50.5 Å². The van der Waals surface area contributed by atoms with E-state index in [1.165, 1.54) is 0 Å². The van der Waals surface area contributed by atoms with Crippen molar-refractivity contribution in [3.63, 3.8) is 0 Å². The average Bonchev–Trinajstić information content (AvgIpc) is 3.17. The Bertz CT molecular complexity index is 1010. The van der Waals surface area contributed by atoms with E-state index in [9.17, 15) is 24.6 Å². The molecule has 1 aliphatic carbocycles. The van der Waals surface area contributed by atoms with Crippen molar-refractivity contribution < 1.29 is 29.3 Å². The van der Waals surface area contributed by atoms with Crippen LogP contribution in [0, 0.1) is 11.8 Å². The lowest BCUT2D eigenvalue weighted by atomic mass is 9.90. The van der Waals surface area contributed by atoms with Crippen molar-refractivity contribution >= 4 is 23.7 Å². The number of carbonyl (C=O) groups excluding carboxylic acids is 3. The lowest BCUT2D eigenvalue weighted by molar-refractivity contribution is -0.160. The number of allylic oxidation sites excluding steroid dienone is 2. The topological polar surface area (TPSA) is 191 Å². The number of hydrogen-bond donors (Lipinski definition) is 5. The van der Waals surface area contributed by atoms with Gasteiger partial charge >= 0.3 is 11.9 Å². The van der Waals surface area contributed by atoms with E-state index in [2.05, 4.69) is 4.99 Å². The number of carbonyl (C=O) groups is 3. The minimum absolute atomic E-state index is 0.00250. The van der Waals surface area contributed by atoms with Gasteiger partial charge in [0.1, 0.15) is 11.8 Å². The Balaban J connectivity index is 1.69. The molecule has 10 heteroatoms. The van der Waals surface area contributed by atoms with Crippen LogP contribution >= 0.6 is 0 Å². The molecule has 1 saturated carbocycles. The van der Waals surface area contributed by atoms with E-state index >= 15 is 0 Å². The molecule has 1 aliphatic rings. The normalized spacial score (nSPS) is 20.8. The first-order valence-corrected chi connectivity index (χ1v) is 13.5. The molecular formula is C29H42N4O6. The molecule has 8 N–H and O–H groups in total. The van der Waals surface area contributed by atoms with Crippen LogP contribution in [0.4, 0.5) is 0 Å². The van der Waals surface area contributed by atoms with E-state index in [1.54, 1.807) is 12.2 Å². The van der Waals surface area contributed by atoms with E-state index in [0.717, 1.165) is 12.0 Å². The fourth-order valence-corrected chi connectivity index (χ4v) is 4.44. The quantitative estimate of drug-likeness (QED) is 0.0516. The van der Waals surface area contributed by atoms with E-state index in [1.807, 2.05) is 42.5 Å². The summed E-state index contributed by atoms with van der Waals surface area (Å²) >= 11 is 0. The summed E-state index contributed by atoms with van der Waals surface area (Å²) in [4.78, 5) is 40.0. The van der Waals surface area contributed by atoms with Crippen molar-refractivity contribution in [1.29, 1.82) is 0 Å². The van der Waals surface area contributed by atoms with E-state index in [4.69, 9.17) is 21.9 Å². The smallest absolute Gasteiger partial charge is 0.330 e. The number of hydrogen-bond acceptors (Lipinski definition) is 8. The summed E-state index contributed by atoms with van der Waals surface area (Å²) in [6.07, 6.45) is 9.50. The number of esters is 2. The molecule has 0 heterocycles. The van der Waals surface area contributed by atoms with Gasteiger partial charge in [-0.25, -0.2) is 4.79 Å². The second-order valence-corrected chi connectivity index (χ2v) is 9.85. The fraction of sp³-hybridized carbons (Fsp3) is 0.517. The summed E-state index contributed by atoms with van der Waals surface area (Å²) < 4.78 is 4.79. The number of ketones is 1. The Hall–Kier alpha value is -3.34. The average molecular weight is 543 g/mol. The largest absolute Gasteiger partial charge is 0.392 e. The van der Waals surface area contributed by atoms with E-state index < -0.39 is 30.2 Å². The Morgan fingerprint density at radius 1 is 1.13 bits per heavy atom. The maximum atomic E-state index is 12.4. The van der Waals surface area contributed by atoms with Crippen LogP contribution in [0.2, 0.25) is 0 Å². The summed E-state index contributed by atoms with van der Waals surface area (Å²) in [6.45, 7) is 0.336. The zero-order valence-corrected chi connectivity index (χ0v) is 22.4. The molecule has 0 saturated heterocycles. The van der Waals surface area contributed by atoms with Crippen molar-refractivity contribution in [3.05, 3.63) is 60.2 Å². The molecule has 0 amide bonds. The first-order valence-electron chi connectivity index (χ1n) is 13.5. The second kappa shape index (κ2) is 17.3. The third kappa shape index (κ3) is 12.4. The number of aliphatic hydroxyl groups excluding tert-OH is 2. The number of ether oxygens (including phenoxy) is 1. The van der Waals surface area contributed by atoms with E-state index in [0.29, 0.717) is 45.1 Å². The second-order valence-electron chi connectivity index (χ2n) is 9.85. The molecular weight excluding hydrogens is 500 g/mol. The Morgan fingerprint density at radius 3 is 2.59 bits per heavy atom. The Morgan fingerprint density at radius 2 is 1.87 bits per heavy atom. The van der Waals surface area contributed by atoms with Gasteiger partial charge in [0.2, 0.25) is 0 Å². The zero-order valence-electron chi connectivity index (χ0n) is 22.4. The number of aliphatic imine (C=N–C) groups is 1. The van der Waals surface area contributed by atoms with Crippen LogP contribution in [0.5, 0.6) is 0 Å². The molecule has 1 aromatic rings. The lowest BCUT2D eigenvalue weighted by Crippen LogP contribution is -2.34. The molecule has 1 aromatic carbocycles. The summed E-state index contributed by atoms with van der Waals surface area (Å²) in [5.41, 5.74) is 17.3. The highest BCUT2D eigenvalue weighted by atomic mass is 16.6. The van der Waals surface area contributed by atoms with Gasteiger partial charge in [0, 0.05) is 31.2 Å². The van der Waals surface area contributed by atoms with Gasteiger partial charge < -0.3 is 32.2 Å². The van der Waals surface area contributed by atoms with Crippen molar-refractivity contribution in [1.82, 2.24) is 0 Å². The van der Waals surface area contributed by atoms with Crippen LogP contribution < -0.4 is 17.2 Å². The number of nitrogens with zero attached hydrogens (tertiary/aromatic N) is 1. The highest BCUT2D eigenvalue weighted by Gasteiger charge is 2.39. The highest BCUT2D eigenvalue weighted by molar-refractivity contribution is 5.88. The summed E-state index contributed by atoms with van der Waals surface area (Å²) in [5.74, 6) is -2.16. The third-order valence-corrected chi connectivity index (χ3v) is 6.65. The van der Waals surface area contributed by atoms with Crippen LogP contribution in [0.15, 0.2) is 59.6 Å². The van der Waals surface area contributed by atoms with Crippen molar-refractivity contribution in [2.75, 3.05) is 6.54 Å². The molecule has 0 aliphatic heterocycles. The highest BCUT2D eigenvalue weighted by Crippen LogP contribution is 2.33. The molecule has 0 radical (unpaired) electrons. The molecule has 2 rings (SSSR count). The van der Waals surface area contributed by atoms with Gasteiger partial charge in [0.25, 0.3) is 0 Å². The number of guanidine groups is 1. The minimum Gasteiger partial charge on any atom is -0.392 e. The molecule has 0 aromatic heterocycles. The number of aliphatic hydroxyl groups is 2. The zero-order chi connectivity index (χ0) is 28.6. The molecule has 0 unspecified atom stereocenters. The molecule has 214 valence electrons.